The molecule has 0 atom stereocenters. The molecule has 3 rings (SSSR count). The quantitative estimate of drug-likeness (QED) is 0.501. The summed E-state index contributed by atoms with van der Waals surface area (Å²) in [6.07, 6.45) is 1.53. The van der Waals surface area contributed by atoms with Crippen LogP contribution in [0.5, 0.6) is 11.5 Å². The molecule has 0 radical (unpaired) electrons. The molecule has 7 heteroatoms. The summed E-state index contributed by atoms with van der Waals surface area (Å²) in [5, 5.41) is -0.0229. The average Bonchev–Trinajstić information content (AvgIpc) is 2.74. The van der Waals surface area contributed by atoms with Crippen LogP contribution in [-0.4, -0.2) is 18.1 Å². The van der Waals surface area contributed by atoms with Gasteiger partial charge in [0.25, 0.3) is 0 Å². The van der Waals surface area contributed by atoms with Crippen LogP contribution in [0.2, 0.25) is 5.02 Å². The number of hydrogen-bond acceptors (Lipinski definition) is 5. The number of pyridine rings is 1. The highest BCUT2D eigenvalue weighted by Crippen LogP contribution is 2.28. The number of methoxy groups -OCH3 is 1. The molecule has 5 nitrogen and oxygen atoms in total. The standard InChI is InChI=1S/C22H19ClFNO4/c1-14-16(13-28-17-8-9-19(24)18(23)10-17)11-25-20(22(26)27-2)21(14)29-12-15-6-4-3-5-7-15/h3-11H,12-13H2,1-2H3. The number of halogens is 2. The van der Waals surface area contributed by atoms with E-state index in [1.165, 1.54) is 31.5 Å². The maximum absolute atomic E-state index is 13.3. The van der Waals surface area contributed by atoms with Gasteiger partial charge in [-0.3, -0.25) is 0 Å². The Morgan fingerprint density at radius 2 is 1.86 bits per heavy atom. The van der Waals surface area contributed by atoms with Crippen molar-refractivity contribution in [3.63, 3.8) is 0 Å². The van der Waals surface area contributed by atoms with Crippen molar-refractivity contribution in [2.75, 3.05) is 7.11 Å². The lowest BCUT2D eigenvalue weighted by Gasteiger charge is -2.16. The Bertz CT molecular complexity index is 1010. The number of rotatable bonds is 7. The van der Waals surface area contributed by atoms with E-state index in [1.807, 2.05) is 37.3 Å². The number of benzene rings is 2. The van der Waals surface area contributed by atoms with Gasteiger partial charge in [0.2, 0.25) is 0 Å². The molecule has 3 aromatic rings. The zero-order chi connectivity index (χ0) is 20.8. The summed E-state index contributed by atoms with van der Waals surface area (Å²) < 4.78 is 29.7. The van der Waals surface area contributed by atoms with Gasteiger partial charge < -0.3 is 14.2 Å². The van der Waals surface area contributed by atoms with Crippen molar-refractivity contribution in [3.05, 3.63) is 88.0 Å². The first-order valence-electron chi connectivity index (χ1n) is 8.81. The zero-order valence-corrected chi connectivity index (χ0v) is 16.7. The summed E-state index contributed by atoms with van der Waals surface area (Å²) in [5.41, 5.74) is 2.45. The Morgan fingerprint density at radius 3 is 2.55 bits per heavy atom. The van der Waals surface area contributed by atoms with Crippen molar-refractivity contribution in [2.24, 2.45) is 0 Å². The van der Waals surface area contributed by atoms with E-state index in [9.17, 15) is 9.18 Å². The normalized spacial score (nSPS) is 10.5. The number of nitrogens with zero attached hydrogens (tertiary/aromatic N) is 1. The molecule has 0 aliphatic heterocycles. The highest BCUT2D eigenvalue weighted by Gasteiger charge is 2.20. The van der Waals surface area contributed by atoms with Crippen LogP contribution in [0.25, 0.3) is 0 Å². The van der Waals surface area contributed by atoms with Crippen LogP contribution in [0.1, 0.15) is 27.2 Å². The van der Waals surface area contributed by atoms with Crippen LogP contribution in [-0.2, 0) is 18.0 Å². The minimum atomic E-state index is -0.589. The minimum absolute atomic E-state index is 0.0229. The van der Waals surface area contributed by atoms with Crippen LogP contribution < -0.4 is 9.47 Å². The molecule has 150 valence electrons. The minimum Gasteiger partial charge on any atom is -0.489 e. The van der Waals surface area contributed by atoms with Crippen LogP contribution in [0.15, 0.2) is 54.7 Å². The Labute approximate surface area is 173 Å². The molecule has 29 heavy (non-hydrogen) atoms. The molecule has 0 unspecified atom stereocenters. The lowest BCUT2D eigenvalue weighted by molar-refractivity contribution is 0.0588. The van der Waals surface area contributed by atoms with E-state index in [2.05, 4.69) is 4.98 Å². The van der Waals surface area contributed by atoms with Gasteiger partial charge in [0, 0.05) is 23.4 Å². The van der Waals surface area contributed by atoms with E-state index >= 15 is 0 Å². The van der Waals surface area contributed by atoms with E-state index in [0.29, 0.717) is 22.6 Å². The first kappa shape index (κ1) is 20.6. The maximum atomic E-state index is 13.3. The van der Waals surface area contributed by atoms with Crippen molar-refractivity contribution < 1.29 is 23.4 Å². The van der Waals surface area contributed by atoms with Gasteiger partial charge in [0.15, 0.2) is 11.4 Å². The molecule has 0 fully saturated rings. The number of aromatic nitrogens is 1. The van der Waals surface area contributed by atoms with Gasteiger partial charge in [-0.25, -0.2) is 14.2 Å². The summed E-state index contributed by atoms with van der Waals surface area (Å²) >= 11 is 5.78. The topological polar surface area (TPSA) is 57.7 Å². The molecule has 0 aliphatic rings. The summed E-state index contributed by atoms with van der Waals surface area (Å²) in [6.45, 7) is 2.22. The van der Waals surface area contributed by atoms with Gasteiger partial charge in [-0.2, -0.15) is 0 Å². The lowest BCUT2D eigenvalue weighted by Crippen LogP contribution is -2.12. The third kappa shape index (κ3) is 5.03. The molecule has 0 saturated heterocycles. The monoisotopic (exact) mass is 415 g/mol. The Hall–Kier alpha value is -3.12. The first-order chi connectivity index (χ1) is 14.0. The average molecular weight is 416 g/mol. The van der Waals surface area contributed by atoms with Crippen molar-refractivity contribution in [3.8, 4) is 11.5 Å². The molecule has 0 spiro atoms. The zero-order valence-electron chi connectivity index (χ0n) is 15.9. The fourth-order valence-electron chi connectivity index (χ4n) is 2.64. The Morgan fingerprint density at radius 1 is 1.10 bits per heavy atom. The molecular formula is C22H19ClFNO4. The Kier molecular flexibility index (Phi) is 6.67. The predicted octanol–water partition coefficient (Wildman–Crippen LogP) is 5.13. The molecule has 0 amide bonds. The fourth-order valence-corrected chi connectivity index (χ4v) is 2.81. The van der Waals surface area contributed by atoms with E-state index in [0.717, 1.165) is 5.56 Å². The molecule has 0 saturated carbocycles. The van der Waals surface area contributed by atoms with Crippen molar-refractivity contribution in [1.82, 2.24) is 4.98 Å². The summed E-state index contributed by atoms with van der Waals surface area (Å²) in [5.74, 6) is -0.358. The largest absolute Gasteiger partial charge is 0.489 e. The fraction of sp³-hybridized carbons (Fsp3) is 0.182. The van der Waals surface area contributed by atoms with Gasteiger partial charge in [0.1, 0.15) is 24.8 Å². The van der Waals surface area contributed by atoms with E-state index in [4.69, 9.17) is 25.8 Å². The van der Waals surface area contributed by atoms with E-state index in [-0.39, 0.29) is 23.9 Å². The summed E-state index contributed by atoms with van der Waals surface area (Å²) in [6, 6.07) is 13.7. The van der Waals surface area contributed by atoms with Crippen LogP contribution in [0.3, 0.4) is 0 Å². The Balaban J connectivity index is 1.84. The molecule has 0 N–H and O–H groups in total. The summed E-state index contributed by atoms with van der Waals surface area (Å²) in [4.78, 5) is 16.3. The highest BCUT2D eigenvalue weighted by molar-refractivity contribution is 6.30. The van der Waals surface area contributed by atoms with Crippen LogP contribution in [0.4, 0.5) is 4.39 Å². The lowest BCUT2D eigenvalue weighted by atomic mass is 10.1. The van der Waals surface area contributed by atoms with Gasteiger partial charge >= 0.3 is 5.97 Å². The van der Waals surface area contributed by atoms with Crippen molar-refractivity contribution >= 4 is 17.6 Å². The molecule has 0 aliphatic carbocycles. The van der Waals surface area contributed by atoms with E-state index in [1.54, 1.807) is 0 Å². The van der Waals surface area contributed by atoms with Crippen molar-refractivity contribution in [2.45, 2.75) is 20.1 Å². The van der Waals surface area contributed by atoms with E-state index < -0.39 is 11.8 Å². The smallest absolute Gasteiger partial charge is 0.360 e. The third-order valence-corrected chi connectivity index (χ3v) is 4.57. The second-order valence-corrected chi connectivity index (χ2v) is 6.62. The summed E-state index contributed by atoms with van der Waals surface area (Å²) in [7, 11) is 1.29. The number of esters is 1. The molecule has 1 aromatic heterocycles. The van der Waals surface area contributed by atoms with Gasteiger partial charge in [0.05, 0.1) is 12.1 Å². The number of carbonyl (C=O) groups is 1. The molecular weight excluding hydrogens is 397 g/mol. The number of ether oxygens (including phenoxy) is 3. The predicted molar refractivity (Wildman–Crippen MR) is 107 cm³/mol. The third-order valence-electron chi connectivity index (χ3n) is 4.28. The SMILES string of the molecule is COC(=O)c1ncc(COc2ccc(F)c(Cl)c2)c(C)c1OCc1ccccc1. The van der Waals surface area contributed by atoms with Crippen LogP contribution in [0, 0.1) is 12.7 Å². The maximum Gasteiger partial charge on any atom is 0.360 e. The number of carbonyl (C=O) groups excluding carboxylic acids is 1. The molecule has 2 aromatic carbocycles. The highest BCUT2D eigenvalue weighted by atomic mass is 35.5. The second kappa shape index (κ2) is 9.39. The number of hydrogen-bond donors (Lipinski definition) is 0. The molecule has 1 heterocycles. The van der Waals surface area contributed by atoms with Gasteiger partial charge in [-0.1, -0.05) is 41.9 Å². The first-order valence-corrected chi connectivity index (χ1v) is 9.18. The van der Waals surface area contributed by atoms with Gasteiger partial charge in [-0.05, 0) is 24.6 Å². The second-order valence-electron chi connectivity index (χ2n) is 6.22. The molecule has 0 bridgehead atoms. The van der Waals surface area contributed by atoms with Crippen molar-refractivity contribution in [1.29, 1.82) is 0 Å². The van der Waals surface area contributed by atoms with Gasteiger partial charge in [-0.15, -0.1) is 0 Å². The van der Waals surface area contributed by atoms with Crippen LogP contribution >= 0.6 is 11.6 Å².